The first-order chi connectivity index (χ1) is 15.2. The Labute approximate surface area is 189 Å². The van der Waals surface area contributed by atoms with Gasteiger partial charge in [-0.05, 0) is 24.8 Å². The average molecular weight is 442 g/mol. The van der Waals surface area contributed by atoms with Crippen LogP contribution in [0.15, 0.2) is 47.3 Å². The van der Waals surface area contributed by atoms with E-state index >= 15 is 0 Å². The molecule has 0 radical (unpaired) electrons. The molecule has 0 bridgehead atoms. The van der Waals surface area contributed by atoms with Gasteiger partial charge in [0.2, 0.25) is 5.75 Å². The van der Waals surface area contributed by atoms with Crippen LogP contribution in [0.25, 0.3) is 0 Å². The van der Waals surface area contributed by atoms with E-state index in [9.17, 15) is 9.59 Å². The fourth-order valence-electron chi connectivity index (χ4n) is 4.58. The van der Waals surface area contributed by atoms with E-state index in [-0.39, 0.29) is 17.8 Å². The minimum absolute atomic E-state index is 0.00731. The van der Waals surface area contributed by atoms with Crippen LogP contribution in [0.1, 0.15) is 45.1 Å². The Morgan fingerprint density at radius 1 is 1.16 bits per heavy atom. The molecule has 1 aliphatic carbocycles. The molecule has 0 aromatic heterocycles. The molecule has 172 valence electrons. The second-order valence-corrected chi connectivity index (χ2v) is 8.74. The van der Waals surface area contributed by atoms with Gasteiger partial charge in [0.25, 0.3) is 0 Å². The van der Waals surface area contributed by atoms with E-state index in [0.29, 0.717) is 52.5 Å². The maximum Gasteiger partial charge on any atom is 0.337 e. The number of hydrogen-bond acceptors (Lipinski definition) is 7. The lowest BCUT2D eigenvalue weighted by Gasteiger charge is -2.39. The summed E-state index contributed by atoms with van der Waals surface area (Å²) in [7, 11) is 4.58. The summed E-state index contributed by atoms with van der Waals surface area (Å²) in [5.74, 6) is 0.108. The highest BCUT2D eigenvalue weighted by molar-refractivity contribution is 6.04. The van der Waals surface area contributed by atoms with Crippen molar-refractivity contribution in [1.82, 2.24) is 5.32 Å². The van der Waals surface area contributed by atoms with Crippen molar-refractivity contribution in [2.24, 2.45) is 5.41 Å². The molecule has 2 aliphatic rings. The van der Waals surface area contributed by atoms with Crippen molar-refractivity contribution >= 4 is 11.8 Å². The fourth-order valence-corrected chi connectivity index (χ4v) is 4.58. The van der Waals surface area contributed by atoms with E-state index in [1.54, 1.807) is 6.07 Å². The number of ether oxygens (including phenoxy) is 4. The first-order valence-corrected chi connectivity index (χ1v) is 10.5. The number of rotatable bonds is 7. The highest BCUT2D eigenvalue weighted by atomic mass is 16.5. The van der Waals surface area contributed by atoms with Crippen molar-refractivity contribution < 1.29 is 28.5 Å². The molecule has 1 aliphatic heterocycles. The second-order valence-electron chi connectivity index (χ2n) is 8.74. The third kappa shape index (κ3) is 4.11. The first-order valence-electron chi connectivity index (χ1n) is 10.5. The summed E-state index contributed by atoms with van der Waals surface area (Å²) in [4.78, 5) is 26.5. The van der Waals surface area contributed by atoms with Crippen LogP contribution >= 0.6 is 0 Å². The molecule has 1 N–H and O–H groups in total. The van der Waals surface area contributed by atoms with Crippen molar-refractivity contribution in [3.63, 3.8) is 0 Å². The molecule has 3 rings (SSSR count). The number of ketones is 1. The summed E-state index contributed by atoms with van der Waals surface area (Å²) in [5, 5.41) is 3.32. The van der Waals surface area contributed by atoms with Crippen LogP contribution in [-0.2, 0) is 14.3 Å². The van der Waals surface area contributed by atoms with Crippen molar-refractivity contribution in [3.8, 4) is 17.2 Å². The number of dihydropyridines is 1. The van der Waals surface area contributed by atoms with Gasteiger partial charge in [-0.15, -0.1) is 0 Å². The van der Waals surface area contributed by atoms with Gasteiger partial charge in [0.15, 0.2) is 17.3 Å². The molecular formula is C25H31NO6. The van der Waals surface area contributed by atoms with Gasteiger partial charge in [0, 0.05) is 29.0 Å². The smallest absolute Gasteiger partial charge is 0.337 e. The van der Waals surface area contributed by atoms with Gasteiger partial charge in [-0.3, -0.25) is 4.79 Å². The van der Waals surface area contributed by atoms with Crippen LogP contribution in [-0.4, -0.2) is 39.7 Å². The number of carbonyl (C=O) groups excluding carboxylic acids is 2. The molecule has 1 atom stereocenters. The Morgan fingerprint density at radius 2 is 1.84 bits per heavy atom. The van der Waals surface area contributed by atoms with Crippen LogP contribution < -0.4 is 19.5 Å². The van der Waals surface area contributed by atoms with Crippen molar-refractivity contribution in [3.05, 3.63) is 52.9 Å². The predicted molar refractivity (Wildman–Crippen MR) is 121 cm³/mol. The molecule has 1 aromatic carbocycles. The molecule has 0 fully saturated rings. The molecule has 7 heteroatoms. The van der Waals surface area contributed by atoms with Gasteiger partial charge in [-0.2, -0.15) is 0 Å². The summed E-state index contributed by atoms with van der Waals surface area (Å²) >= 11 is 0. The SMILES string of the molecule is C=CCOC(=O)C1=C(C)NC2=C(C(=O)CC(C)(C)C2)[C@@H]1c1ccc(OC)c(OC)c1OC. The molecule has 0 saturated carbocycles. The standard InChI is InChI=1S/C25H31NO6/c1-8-11-32-24(28)19-14(2)26-16-12-25(3,4)13-17(27)21(16)20(19)15-9-10-18(29-5)23(31-7)22(15)30-6/h8-10,20,26H,1,11-13H2,2-7H3/t20-/m1/s1. The molecule has 32 heavy (non-hydrogen) atoms. The first kappa shape index (κ1) is 23.4. The molecule has 0 spiro atoms. The third-order valence-corrected chi connectivity index (χ3v) is 5.84. The van der Waals surface area contributed by atoms with Crippen LogP contribution in [0, 0.1) is 5.41 Å². The number of benzene rings is 1. The lowest BCUT2D eigenvalue weighted by molar-refractivity contribution is -0.138. The Kier molecular flexibility index (Phi) is 6.67. The Morgan fingerprint density at radius 3 is 2.44 bits per heavy atom. The second kappa shape index (κ2) is 9.10. The van der Waals surface area contributed by atoms with Gasteiger partial charge >= 0.3 is 5.97 Å². The topological polar surface area (TPSA) is 83.1 Å². The summed E-state index contributed by atoms with van der Waals surface area (Å²) in [6.07, 6.45) is 2.58. The molecule has 1 heterocycles. The Hall–Kier alpha value is -3.22. The molecular weight excluding hydrogens is 410 g/mol. The number of methoxy groups -OCH3 is 3. The van der Waals surface area contributed by atoms with Crippen molar-refractivity contribution in [1.29, 1.82) is 0 Å². The van der Waals surface area contributed by atoms with Gasteiger partial charge in [0.05, 0.1) is 32.8 Å². The van der Waals surface area contributed by atoms with E-state index < -0.39 is 11.9 Å². The number of nitrogens with one attached hydrogen (secondary N) is 1. The number of hydrogen-bond donors (Lipinski definition) is 1. The lowest BCUT2D eigenvalue weighted by atomic mass is 9.68. The Balaban J connectivity index is 2.28. The third-order valence-electron chi connectivity index (χ3n) is 5.84. The maximum atomic E-state index is 13.4. The summed E-state index contributed by atoms with van der Waals surface area (Å²) in [6.45, 7) is 9.63. The average Bonchev–Trinajstić information content (AvgIpc) is 2.74. The van der Waals surface area contributed by atoms with Crippen LogP contribution in [0.4, 0.5) is 0 Å². The maximum absolute atomic E-state index is 13.4. The van der Waals surface area contributed by atoms with Crippen molar-refractivity contribution in [2.75, 3.05) is 27.9 Å². The zero-order valence-electron chi connectivity index (χ0n) is 19.6. The number of Topliss-reactive ketones (excluding diaryl/α,β-unsaturated/α-hetero) is 1. The quantitative estimate of drug-likeness (QED) is 0.505. The van der Waals surface area contributed by atoms with Gasteiger partial charge in [0.1, 0.15) is 6.61 Å². The van der Waals surface area contributed by atoms with E-state index in [1.807, 2.05) is 13.0 Å². The zero-order chi connectivity index (χ0) is 23.6. The summed E-state index contributed by atoms with van der Waals surface area (Å²) in [6, 6.07) is 3.56. The van der Waals surface area contributed by atoms with E-state index in [0.717, 1.165) is 5.70 Å². The monoisotopic (exact) mass is 441 g/mol. The van der Waals surface area contributed by atoms with Gasteiger partial charge in [-0.1, -0.05) is 32.6 Å². The van der Waals surface area contributed by atoms with Crippen LogP contribution in [0.3, 0.4) is 0 Å². The van der Waals surface area contributed by atoms with Crippen molar-refractivity contribution in [2.45, 2.75) is 39.5 Å². The van der Waals surface area contributed by atoms with E-state index in [4.69, 9.17) is 18.9 Å². The fraction of sp³-hybridized carbons (Fsp3) is 0.440. The minimum atomic E-state index is -0.665. The summed E-state index contributed by atoms with van der Waals surface area (Å²) < 4.78 is 22.1. The van der Waals surface area contributed by atoms with Crippen LogP contribution in [0.2, 0.25) is 0 Å². The number of carbonyl (C=O) groups is 2. The number of allylic oxidation sites excluding steroid dienone is 3. The normalized spacial score (nSPS) is 19.7. The largest absolute Gasteiger partial charge is 0.493 e. The minimum Gasteiger partial charge on any atom is -0.493 e. The van der Waals surface area contributed by atoms with Crippen LogP contribution in [0.5, 0.6) is 17.2 Å². The van der Waals surface area contributed by atoms with Gasteiger partial charge in [-0.25, -0.2) is 4.79 Å². The lowest BCUT2D eigenvalue weighted by Crippen LogP contribution is -2.38. The Bertz CT molecular complexity index is 1020. The van der Waals surface area contributed by atoms with E-state index in [1.165, 1.54) is 27.4 Å². The zero-order valence-corrected chi connectivity index (χ0v) is 19.6. The molecule has 1 aromatic rings. The number of esters is 1. The molecule has 0 saturated heterocycles. The molecule has 0 unspecified atom stereocenters. The molecule has 7 nitrogen and oxygen atoms in total. The predicted octanol–water partition coefficient (Wildman–Crippen LogP) is 4.05. The highest BCUT2D eigenvalue weighted by Gasteiger charge is 2.44. The van der Waals surface area contributed by atoms with E-state index in [2.05, 4.69) is 25.7 Å². The van der Waals surface area contributed by atoms with Gasteiger partial charge < -0.3 is 24.3 Å². The summed E-state index contributed by atoms with van der Waals surface area (Å²) in [5.41, 5.74) is 2.85. The molecule has 0 amide bonds. The highest BCUT2D eigenvalue weighted by Crippen LogP contribution is 2.51.